The number of aromatic nitrogens is 4. The van der Waals surface area contributed by atoms with Crippen molar-refractivity contribution in [2.45, 2.75) is 13.8 Å². The van der Waals surface area contributed by atoms with Crippen molar-refractivity contribution < 1.29 is 0 Å². The second-order valence-corrected chi connectivity index (χ2v) is 6.77. The number of benzene rings is 2. The van der Waals surface area contributed by atoms with Crippen molar-refractivity contribution in [3.8, 4) is 27.6 Å². The first-order valence-corrected chi connectivity index (χ1v) is 8.81. The quantitative estimate of drug-likeness (QED) is 0.601. The lowest BCUT2D eigenvalue weighted by molar-refractivity contribution is 0.809. The number of hydrogen-bond donors (Lipinski definition) is 1. The van der Waals surface area contributed by atoms with Gasteiger partial charge < -0.3 is 5.73 Å². The van der Waals surface area contributed by atoms with E-state index in [0.29, 0.717) is 11.5 Å². The van der Waals surface area contributed by atoms with Gasteiger partial charge in [0.15, 0.2) is 11.5 Å². The fourth-order valence-electron chi connectivity index (χ4n) is 2.61. The summed E-state index contributed by atoms with van der Waals surface area (Å²) in [7, 11) is 0. The highest BCUT2D eigenvalue weighted by atomic mass is 32.1. The van der Waals surface area contributed by atoms with Gasteiger partial charge in [0.2, 0.25) is 0 Å². The fraction of sp³-hybridized carbons (Fsp3) is 0.105. The summed E-state index contributed by atoms with van der Waals surface area (Å²) in [6.07, 6.45) is 0. The number of hydrogen-bond acceptors (Lipinski definition) is 5. The third-order valence-electron chi connectivity index (χ3n) is 4.22. The SMILES string of the molecule is Cc1ccc(-n2nnc(-c3nc(-c4ccccc4)cs3)c2N)cc1C. The summed E-state index contributed by atoms with van der Waals surface area (Å²) >= 11 is 1.52. The Balaban J connectivity index is 1.72. The van der Waals surface area contributed by atoms with E-state index in [1.807, 2.05) is 41.8 Å². The van der Waals surface area contributed by atoms with E-state index in [9.17, 15) is 0 Å². The summed E-state index contributed by atoms with van der Waals surface area (Å²) in [5.74, 6) is 0.497. The van der Waals surface area contributed by atoms with Crippen molar-refractivity contribution in [3.05, 3.63) is 65.0 Å². The van der Waals surface area contributed by atoms with Crippen LogP contribution in [0.15, 0.2) is 53.9 Å². The highest BCUT2D eigenvalue weighted by molar-refractivity contribution is 7.13. The molecule has 2 aromatic heterocycles. The smallest absolute Gasteiger partial charge is 0.165 e. The Hall–Kier alpha value is -2.99. The van der Waals surface area contributed by atoms with Crippen molar-refractivity contribution >= 4 is 17.2 Å². The number of anilines is 1. The lowest BCUT2D eigenvalue weighted by atomic mass is 10.1. The normalized spacial score (nSPS) is 11.0. The van der Waals surface area contributed by atoms with Crippen LogP contribution < -0.4 is 5.73 Å². The van der Waals surface area contributed by atoms with Gasteiger partial charge in [-0.25, -0.2) is 4.98 Å². The Morgan fingerprint density at radius 3 is 2.56 bits per heavy atom. The molecule has 0 saturated heterocycles. The van der Waals surface area contributed by atoms with Gasteiger partial charge >= 0.3 is 0 Å². The van der Waals surface area contributed by atoms with E-state index in [0.717, 1.165) is 22.0 Å². The topological polar surface area (TPSA) is 69.6 Å². The van der Waals surface area contributed by atoms with Crippen LogP contribution in [0.4, 0.5) is 5.82 Å². The number of nitrogen functional groups attached to an aromatic ring is 1. The first-order valence-electron chi connectivity index (χ1n) is 7.93. The largest absolute Gasteiger partial charge is 0.382 e. The highest BCUT2D eigenvalue weighted by Crippen LogP contribution is 2.31. The Kier molecular flexibility index (Phi) is 3.82. The molecule has 2 aromatic carbocycles. The van der Waals surface area contributed by atoms with Crippen molar-refractivity contribution in [2.75, 3.05) is 5.73 Å². The molecule has 0 aliphatic carbocycles. The highest BCUT2D eigenvalue weighted by Gasteiger charge is 2.17. The van der Waals surface area contributed by atoms with E-state index in [2.05, 4.69) is 41.3 Å². The lowest BCUT2D eigenvalue weighted by Crippen LogP contribution is -2.03. The molecule has 0 unspecified atom stereocenters. The minimum absolute atomic E-state index is 0.497. The van der Waals surface area contributed by atoms with Crippen molar-refractivity contribution in [2.24, 2.45) is 0 Å². The van der Waals surface area contributed by atoms with E-state index < -0.39 is 0 Å². The molecular weight excluding hydrogens is 330 g/mol. The fourth-order valence-corrected chi connectivity index (χ4v) is 3.43. The Morgan fingerprint density at radius 2 is 1.80 bits per heavy atom. The predicted octanol–water partition coefficient (Wildman–Crippen LogP) is 4.26. The average Bonchev–Trinajstić information content (AvgIpc) is 3.25. The molecule has 2 heterocycles. The molecule has 4 aromatic rings. The summed E-state index contributed by atoms with van der Waals surface area (Å²) < 4.78 is 1.66. The van der Waals surface area contributed by atoms with Crippen LogP contribution in [0.3, 0.4) is 0 Å². The van der Waals surface area contributed by atoms with Gasteiger partial charge in [0, 0.05) is 10.9 Å². The molecule has 0 aliphatic heterocycles. The predicted molar refractivity (Wildman–Crippen MR) is 102 cm³/mol. The van der Waals surface area contributed by atoms with Gasteiger partial charge in [-0.3, -0.25) is 0 Å². The summed E-state index contributed by atoms with van der Waals surface area (Å²) in [5.41, 5.74) is 12.2. The standard InChI is InChI=1S/C19H17N5S/c1-12-8-9-15(10-13(12)2)24-18(20)17(22-23-24)19-21-16(11-25-19)14-6-4-3-5-7-14/h3-11H,20H2,1-2H3. The van der Waals surface area contributed by atoms with Crippen molar-refractivity contribution in [1.29, 1.82) is 0 Å². The zero-order chi connectivity index (χ0) is 17.4. The third kappa shape index (κ3) is 2.81. The third-order valence-corrected chi connectivity index (χ3v) is 5.07. The maximum absolute atomic E-state index is 6.31. The number of nitrogens with two attached hydrogens (primary N) is 1. The van der Waals surface area contributed by atoms with Crippen molar-refractivity contribution in [1.82, 2.24) is 20.0 Å². The maximum atomic E-state index is 6.31. The molecule has 0 radical (unpaired) electrons. The first kappa shape index (κ1) is 15.5. The average molecular weight is 347 g/mol. The molecule has 0 saturated carbocycles. The van der Waals surface area contributed by atoms with Gasteiger partial charge in [-0.05, 0) is 37.1 Å². The Bertz CT molecular complexity index is 1030. The lowest BCUT2D eigenvalue weighted by Gasteiger charge is -2.06. The summed E-state index contributed by atoms with van der Waals surface area (Å²) in [6, 6.07) is 16.2. The van der Waals surface area contributed by atoms with E-state index in [1.165, 1.54) is 22.5 Å². The minimum Gasteiger partial charge on any atom is -0.382 e. The van der Waals surface area contributed by atoms with E-state index in [4.69, 9.17) is 5.73 Å². The van der Waals surface area contributed by atoms with Gasteiger partial charge in [0.1, 0.15) is 5.01 Å². The maximum Gasteiger partial charge on any atom is 0.165 e. The second-order valence-electron chi connectivity index (χ2n) is 5.91. The van der Waals surface area contributed by atoms with E-state index >= 15 is 0 Å². The van der Waals surface area contributed by atoms with Crippen LogP contribution in [-0.2, 0) is 0 Å². The van der Waals surface area contributed by atoms with E-state index in [1.54, 1.807) is 4.68 Å². The van der Waals surface area contributed by atoms with Crippen LogP contribution in [0, 0.1) is 13.8 Å². The molecule has 0 bridgehead atoms. The summed E-state index contributed by atoms with van der Waals surface area (Å²) in [4.78, 5) is 4.67. The van der Waals surface area contributed by atoms with Gasteiger partial charge in [-0.2, -0.15) is 4.68 Å². The van der Waals surface area contributed by atoms with Crippen LogP contribution in [0.1, 0.15) is 11.1 Å². The molecule has 0 aliphatic rings. The van der Waals surface area contributed by atoms with Gasteiger partial charge in [-0.1, -0.05) is 41.6 Å². The molecule has 6 heteroatoms. The van der Waals surface area contributed by atoms with Crippen LogP contribution in [0.25, 0.3) is 27.6 Å². The van der Waals surface area contributed by atoms with Gasteiger partial charge in [-0.15, -0.1) is 16.4 Å². The number of rotatable bonds is 3. The molecule has 0 spiro atoms. The summed E-state index contributed by atoms with van der Waals surface area (Å²) in [5, 5.41) is 11.3. The molecule has 5 nitrogen and oxygen atoms in total. The molecule has 124 valence electrons. The molecule has 4 rings (SSSR count). The molecule has 0 fully saturated rings. The van der Waals surface area contributed by atoms with E-state index in [-0.39, 0.29) is 0 Å². The number of aryl methyl sites for hydroxylation is 2. The molecule has 0 atom stereocenters. The van der Waals surface area contributed by atoms with Crippen LogP contribution >= 0.6 is 11.3 Å². The van der Waals surface area contributed by atoms with Crippen LogP contribution in [0.5, 0.6) is 0 Å². The van der Waals surface area contributed by atoms with Gasteiger partial charge in [0.25, 0.3) is 0 Å². The minimum atomic E-state index is 0.497. The molecule has 0 amide bonds. The zero-order valence-corrected chi connectivity index (χ0v) is 14.8. The molecule has 2 N–H and O–H groups in total. The monoisotopic (exact) mass is 347 g/mol. The molecule has 25 heavy (non-hydrogen) atoms. The van der Waals surface area contributed by atoms with Crippen LogP contribution in [0.2, 0.25) is 0 Å². The van der Waals surface area contributed by atoms with Crippen molar-refractivity contribution in [3.63, 3.8) is 0 Å². The Morgan fingerprint density at radius 1 is 1.00 bits per heavy atom. The first-order chi connectivity index (χ1) is 12.1. The summed E-state index contributed by atoms with van der Waals surface area (Å²) in [6.45, 7) is 4.15. The number of thiazole rings is 1. The number of nitrogens with zero attached hydrogens (tertiary/aromatic N) is 4. The molecular formula is C19H17N5S. The Labute approximate surface area is 149 Å². The van der Waals surface area contributed by atoms with Crippen LogP contribution in [-0.4, -0.2) is 20.0 Å². The second kappa shape index (κ2) is 6.14. The van der Waals surface area contributed by atoms with Gasteiger partial charge in [0.05, 0.1) is 11.4 Å². The zero-order valence-electron chi connectivity index (χ0n) is 14.0.